The van der Waals surface area contributed by atoms with Gasteiger partial charge in [0.25, 0.3) is 0 Å². The molecular formula is C23H26N2O5. The molecule has 1 aromatic carbocycles. The number of aromatic nitrogens is 1. The number of methoxy groups -OCH3 is 2. The highest BCUT2D eigenvalue weighted by atomic mass is 16.5. The zero-order chi connectivity index (χ0) is 22.0. The molecular weight excluding hydrogens is 384 g/mol. The van der Waals surface area contributed by atoms with E-state index in [-0.39, 0.29) is 5.92 Å². The van der Waals surface area contributed by atoms with E-state index in [0.29, 0.717) is 39.6 Å². The molecule has 0 saturated carbocycles. The SMILES string of the molecule is COC(=O)C1=C(C)NC(C)=C(C(=O)OC)C1c1c(-c2ccccc2)noc1C(C)C. The molecule has 0 radical (unpaired) electrons. The van der Waals surface area contributed by atoms with Crippen LogP contribution >= 0.6 is 0 Å². The minimum Gasteiger partial charge on any atom is -0.466 e. The topological polar surface area (TPSA) is 90.7 Å². The number of hydrogen-bond acceptors (Lipinski definition) is 7. The second-order valence-corrected chi connectivity index (χ2v) is 7.45. The Kier molecular flexibility index (Phi) is 6.10. The van der Waals surface area contributed by atoms with E-state index in [9.17, 15) is 9.59 Å². The van der Waals surface area contributed by atoms with Crippen molar-refractivity contribution in [2.45, 2.75) is 39.5 Å². The number of allylic oxidation sites excluding steroid dienone is 2. The quantitative estimate of drug-likeness (QED) is 0.744. The Bertz CT molecular complexity index is 993. The van der Waals surface area contributed by atoms with Crippen LogP contribution in [0.5, 0.6) is 0 Å². The predicted molar refractivity (Wildman–Crippen MR) is 111 cm³/mol. The summed E-state index contributed by atoms with van der Waals surface area (Å²) < 4.78 is 15.9. The van der Waals surface area contributed by atoms with Crippen LogP contribution in [0.1, 0.15) is 50.9 Å². The number of nitrogens with zero attached hydrogens (tertiary/aromatic N) is 1. The van der Waals surface area contributed by atoms with Crippen LogP contribution in [0.3, 0.4) is 0 Å². The molecule has 0 spiro atoms. The maximum absolute atomic E-state index is 12.8. The van der Waals surface area contributed by atoms with Gasteiger partial charge in [0.2, 0.25) is 0 Å². The number of benzene rings is 1. The molecule has 1 N–H and O–H groups in total. The minimum atomic E-state index is -0.745. The van der Waals surface area contributed by atoms with Crippen LogP contribution in [-0.2, 0) is 19.1 Å². The zero-order valence-electron chi connectivity index (χ0n) is 18.0. The third-order valence-corrected chi connectivity index (χ3v) is 5.19. The van der Waals surface area contributed by atoms with Gasteiger partial charge in [0.05, 0.1) is 31.3 Å². The van der Waals surface area contributed by atoms with Gasteiger partial charge in [0.15, 0.2) is 0 Å². The summed E-state index contributed by atoms with van der Waals surface area (Å²) in [6, 6.07) is 9.53. The van der Waals surface area contributed by atoms with E-state index in [1.165, 1.54) is 14.2 Å². The fourth-order valence-corrected chi connectivity index (χ4v) is 3.85. The van der Waals surface area contributed by atoms with E-state index in [4.69, 9.17) is 14.0 Å². The Labute approximate surface area is 175 Å². The lowest BCUT2D eigenvalue weighted by Gasteiger charge is -2.30. The molecule has 3 rings (SSSR count). The molecule has 1 aliphatic rings. The fourth-order valence-electron chi connectivity index (χ4n) is 3.85. The van der Waals surface area contributed by atoms with Gasteiger partial charge in [-0.05, 0) is 13.8 Å². The number of carbonyl (C=O) groups excluding carboxylic acids is 2. The van der Waals surface area contributed by atoms with Crippen molar-refractivity contribution in [2.24, 2.45) is 0 Å². The summed E-state index contributed by atoms with van der Waals surface area (Å²) in [5.74, 6) is -1.24. The maximum atomic E-state index is 12.8. The summed E-state index contributed by atoms with van der Waals surface area (Å²) in [6.45, 7) is 7.51. The maximum Gasteiger partial charge on any atom is 0.336 e. The normalized spacial score (nSPS) is 14.8. The number of hydrogen-bond donors (Lipinski definition) is 1. The van der Waals surface area contributed by atoms with Gasteiger partial charge < -0.3 is 19.3 Å². The molecule has 1 aliphatic heterocycles. The van der Waals surface area contributed by atoms with Crippen molar-refractivity contribution in [1.82, 2.24) is 10.5 Å². The zero-order valence-corrected chi connectivity index (χ0v) is 18.0. The number of esters is 2. The average Bonchev–Trinajstić information content (AvgIpc) is 3.18. The van der Waals surface area contributed by atoms with Crippen LogP contribution in [-0.4, -0.2) is 31.3 Å². The first-order valence-corrected chi connectivity index (χ1v) is 9.71. The van der Waals surface area contributed by atoms with Gasteiger partial charge in [0.1, 0.15) is 11.5 Å². The monoisotopic (exact) mass is 410 g/mol. The van der Waals surface area contributed by atoms with Crippen LogP contribution in [0.25, 0.3) is 11.3 Å². The lowest BCUT2D eigenvalue weighted by atomic mass is 9.77. The average molecular weight is 410 g/mol. The van der Waals surface area contributed by atoms with Gasteiger partial charge in [0, 0.05) is 28.4 Å². The summed E-state index contributed by atoms with van der Waals surface area (Å²) in [5.41, 5.74) is 3.92. The molecule has 0 saturated heterocycles. The molecule has 1 aromatic heterocycles. The summed E-state index contributed by atoms with van der Waals surface area (Å²) in [6.07, 6.45) is 0. The number of rotatable bonds is 5. The molecule has 0 bridgehead atoms. The number of ether oxygens (including phenoxy) is 2. The molecule has 2 heterocycles. The molecule has 0 fully saturated rings. The number of dihydropyridines is 1. The van der Waals surface area contributed by atoms with Crippen LogP contribution in [0.2, 0.25) is 0 Å². The van der Waals surface area contributed by atoms with E-state index in [0.717, 1.165) is 5.56 Å². The highest BCUT2D eigenvalue weighted by Gasteiger charge is 2.42. The smallest absolute Gasteiger partial charge is 0.336 e. The third-order valence-electron chi connectivity index (χ3n) is 5.19. The fraction of sp³-hybridized carbons (Fsp3) is 0.348. The minimum absolute atomic E-state index is 0.0294. The second-order valence-electron chi connectivity index (χ2n) is 7.45. The molecule has 158 valence electrons. The first kappa shape index (κ1) is 21.4. The first-order chi connectivity index (χ1) is 14.3. The lowest BCUT2D eigenvalue weighted by Crippen LogP contribution is -2.32. The summed E-state index contributed by atoms with van der Waals surface area (Å²) >= 11 is 0. The van der Waals surface area contributed by atoms with Gasteiger partial charge in [-0.1, -0.05) is 49.3 Å². The molecule has 0 aliphatic carbocycles. The Morgan fingerprint density at radius 3 is 2.00 bits per heavy atom. The number of nitrogens with one attached hydrogen (secondary N) is 1. The highest BCUT2D eigenvalue weighted by Crippen LogP contribution is 2.45. The van der Waals surface area contributed by atoms with Gasteiger partial charge >= 0.3 is 11.9 Å². The summed E-state index contributed by atoms with van der Waals surface area (Å²) in [7, 11) is 2.63. The molecule has 7 heteroatoms. The van der Waals surface area contributed by atoms with Crippen molar-refractivity contribution in [3.05, 3.63) is 64.2 Å². The van der Waals surface area contributed by atoms with Gasteiger partial charge in [-0.3, -0.25) is 0 Å². The van der Waals surface area contributed by atoms with Gasteiger partial charge in [-0.2, -0.15) is 0 Å². The number of carbonyl (C=O) groups is 2. The van der Waals surface area contributed by atoms with Crippen molar-refractivity contribution >= 4 is 11.9 Å². The van der Waals surface area contributed by atoms with E-state index in [1.54, 1.807) is 13.8 Å². The standard InChI is InChI=1S/C23H26N2O5/c1-12(2)21-19(20(25-30-21)15-10-8-7-9-11-15)18-16(22(26)28-5)13(3)24-14(4)17(18)23(27)29-6/h7-12,18,24H,1-6H3. The second kappa shape index (κ2) is 8.57. The summed E-state index contributed by atoms with van der Waals surface area (Å²) in [4.78, 5) is 25.7. The van der Waals surface area contributed by atoms with Crippen LogP contribution in [0.4, 0.5) is 0 Å². The van der Waals surface area contributed by atoms with E-state index >= 15 is 0 Å². The van der Waals surface area contributed by atoms with E-state index in [1.807, 2.05) is 44.2 Å². The van der Waals surface area contributed by atoms with Crippen molar-refractivity contribution < 1.29 is 23.6 Å². The van der Waals surface area contributed by atoms with Crippen molar-refractivity contribution in [3.8, 4) is 11.3 Å². The Balaban J connectivity index is 2.38. The molecule has 0 unspecified atom stereocenters. The molecule has 0 amide bonds. The van der Waals surface area contributed by atoms with E-state index in [2.05, 4.69) is 10.5 Å². The van der Waals surface area contributed by atoms with Crippen molar-refractivity contribution in [3.63, 3.8) is 0 Å². The van der Waals surface area contributed by atoms with Gasteiger partial charge in [-0.25, -0.2) is 9.59 Å². The Morgan fingerprint density at radius 2 is 1.53 bits per heavy atom. The molecule has 30 heavy (non-hydrogen) atoms. The largest absolute Gasteiger partial charge is 0.466 e. The highest BCUT2D eigenvalue weighted by molar-refractivity contribution is 6.00. The van der Waals surface area contributed by atoms with Crippen molar-refractivity contribution in [1.29, 1.82) is 0 Å². The molecule has 7 nitrogen and oxygen atoms in total. The van der Waals surface area contributed by atoms with Crippen LogP contribution in [0, 0.1) is 0 Å². The van der Waals surface area contributed by atoms with Crippen molar-refractivity contribution in [2.75, 3.05) is 14.2 Å². The van der Waals surface area contributed by atoms with Crippen LogP contribution < -0.4 is 5.32 Å². The Morgan fingerprint density at radius 1 is 1.00 bits per heavy atom. The predicted octanol–water partition coefficient (Wildman–Crippen LogP) is 4.05. The molecule has 0 atom stereocenters. The van der Waals surface area contributed by atoms with Gasteiger partial charge in [-0.15, -0.1) is 0 Å². The van der Waals surface area contributed by atoms with E-state index < -0.39 is 17.9 Å². The summed E-state index contributed by atoms with van der Waals surface area (Å²) in [5, 5.41) is 7.44. The third kappa shape index (κ3) is 3.63. The van der Waals surface area contributed by atoms with Crippen LogP contribution in [0.15, 0.2) is 57.4 Å². The molecule has 2 aromatic rings. The first-order valence-electron chi connectivity index (χ1n) is 9.71. The Hall–Kier alpha value is -3.35. The lowest BCUT2D eigenvalue weighted by molar-refractivity contribution is -0.137.